The van der Waals surface area contributed by atoms with Crippen molar-refractivity contribution in [1.29, 1.82) is 0 Å². The molecule has 0 aliphatic heterocycles. The molecular formula is H4BaCuGdHoOSr. The van der Waals surface area contributed by atoms with Crippen LogP contribution in [-0.4, -0.2) is 94.4 Å². The van der Waals surface area contributed by atoms with Gasteiger partial charge >= 0.3 is 111 Å². The quantitative estimate of drug-likeness (QED) is 0.279. The van der Waals surface area contributed by atoms with E-state index in [1.807, 2.05) is 0 Å². The van der Waals surface area contributed by atoms with E-state index in [4.69, 9.17) is 0 Å². The van der Waals surface area contributed by atoms with Gasteiger partial charge in [-0.15, -0.1) is 0 Å². The van der Waals surface area contributed by atoms with E-state index in [1.165, 1.54) is 0 Å². The molecule has 0 saturated carbocycles. The molecule has 0 amide bonds. The van der Waals surface area contributed by atoms with Crippen LogP contribution in [-0.2, 0) is 22.5 Å². The second-order valence-electron chi connectivity index (χ2n) is 0. The summed E-state index contributed by atoms with van der Waals surface area (Å²) in [5.74, 6) is 0. The zero-order valence-electron chi connectivity index (χ0n) is 1.36. The van der Waals surface area contributed by atoms with Gasteiger partial charge in [-0.1, -0.05) is 0 Å². The van der Waals surface area contributed by atoms with Gasteiger partial charge in [0, 0.05) is 77.7 Å². The van der Waals surface area contributed by atoms with Crippen molar-refractivity contribution in [3.05, 3.63) is 0 Å². The fraction of sp³-hybridized carbons (Fsp3) is 0. The van der Waals surface area contributed by atoms with Crippen molar-refractivity contribution in [3.63, 3.8) is 0 Å². The van der Waals surface area contributed by atoms with Crippen molar-refractivity contribution in [3.8, 4) is 0 Å². The Hall–Kier alpha value is 6.12. The molecule has 0 saturated heterocycles. The molecule has 0 bridgehead atoms. The summed E-state index contributed by atoms with van der Waals surface area (Å²) in [6.45, 7) is 0. The Bertz CT molecular complexity index is 15.5. The maximum absolute atomic E-state index is 0. The zero-order chi connectivity index (χ0) is 0. The van der Waals surface area contributed by atoms with Gasteiger partial charge in [0.15, 0.2) is 0 Å². The second kappa shape index (κ2) is 30.4. The SMILES string of the molecule is [BaH2].[Cu+2].[Gd].[Ho].[O-2].[SrH2]. The van der Waals surface area contributed by atoms with Gasteiger partial charge in [0.2, 0.25) is 0 Å². The summed E-state index contributed by atoms with van der Waals surface area (Å²) in [6, 6.07) is 0. The molecule has 0 rings (SSSR count). The first-order valence-corrected chi connectivity index (χ1v) is 0. The Kier molecular flexibility index (Phi) is 203. The van der Waals surface area contributed by atoms with Crippen LogP contribution < -0.4 is 0 Å². The van der Waals surface area contributed by atoms with E-state index in [1.54, 1.807) is 0 Å². The van der Waals surface area contributed by atoms with Crippen LogP contribution in [0.25, 0.3) is 0 Å². The van der Waals surface area contributed by atoms with Crippen LogP contribution >= 0.6 is 0 Å². The number of rotatable bonds is 0. The third kappa shape index (κ3) is 22.5. The molecule has 1 nitrogen and oxygen atoms in total. The van der Waals surface area contributed by atoms with Crippen LogP contribution in [0.2, 0.25) is 0 Å². The van der Waals surface area contributed by atoms with Gasteiger partial charge in [-0.05, 0) is 0 Å². The van der Waals surface area contributed by atoms with Crippen LogP contribution in [0.15, 0.2) is 0 Å². The van der Waals surface area contributed by atoms with Gasteiger partial charge in [0.05, 0.1) is 0 Å². The molecule has 6 heteroatoms. The molecule has 0 heterocycles. The molecule has 6 heavy (non-hydrogen) atoms. The molecule has 0 aliphatic rings. The molecular weight excluding hydrogens is 627 g/mol. The van der Waals surface area contributed by atoms with Gasteiger partial charge in [-0.3, -0.25) is 0 Å². The summed E-state index contributed by atoms with van der Waals surface area (Å²) in [5.41, 5.74) is 0. The third-order valence-corrected chi connectivity index (χ3v) is 0. The van der Waals surface area contributed by atoms with Crippen LogP contribution in [0.3, 0.4) is 0 Å². The molecule has 0 aromatic carbocycles. The van der Waals surface area contributed by atoms with E-state index in [-0.39, 0.29) is 195 Å². The molecule has 0 aromatic heterocycles. The first-order valence-electron chi connectivity index (χ1n) is 0. The van der Waals surface area contributed by atoms with Crippen molar-refractivity contribution in [2.45, 2.75) is 0 Å². The predicted molar refractivity (Wildman–Crippen MR) is 17.8 cm³/mol. The molecule has 0 spiro atoms. The summed E-state index contributed by atoms with van der Waals surface area (Å²) in [5, 5.41) is 0. The average Bonchev–Trinajstić information content (AvgIpc) is 0. The second-order valence-corrected chi connectivity index (χ2v) is 0. The van der Waals surface area contributed by atoms with Gasteiger partial charge in [0.1, 0.15) is 0 Å². The molecule has 0 fully saturated rings. The first kappa shape index (κ1) is 40.0. The molecule has 0 atom stereocenters. The van der Waals surface area contributed by atoms with Crippen molar-refractivity contribution in [2.24, 2.45) is 0 Å². The Balaban J connectivity index is 0. The standard InChI is InChI=1S/Ba.Cu.Gd.Ho.O.Sr.4H/q;+2;;;-2;;;;;. The molecule has 44 valence electrons. The molecule has 0 N–H and O–H groups in total. The monoisotopic (exact) mass is 632 g/mol. The molecule has 0 aromatic rings. The molecule has 0 aliphatic carbocycles. The van der Waals surface area contributed by atoms with Crippen molar-refractivity contribution >= 4 is 94.4 Å². The van der Waals surface area contributed by atoms with Gasteiger partial charge in [-0.2, -0.15) is 0 Å². The summed E-state index contributed by atoms with van der Waals surface area (Å²) in [6.07, 6.45) is 0. The summed E-state index contributed by atoms with van der Waals surface area (Å²) in [4.78, 5) is 0. The predicted octanol–water partition coefficient (Wildman–Crippen LogP) is -1.95. The number of hydrogen-bond acceptors (Lipinski definition) is 0. The van der Waals surface area contributed by atoms with Gasteiger partial charge < -0.3 is 5.48 Å². The normalized spacial score (nSPS) is 0. The summed E-state index contributed by atoms with van der Waals surface area (Å²) < 4.78 is 0. The Morgan fingerprint density at radius 3 is 1.00 bits per heavy atom. The van der Waals surface area contributed by atoms with E-state index < -0.39 is 0 Å². The Morgan fingerprint density at radius 1 is 1.00 bits per heavy atom. The van der Waals surface area contributed by atoms with E-state index >= 15 is 0 Å². The van der Waals surface area contributed by atoms with Crippen molar-refractivity contribution < 1.29 is 100 Å². The van der Waals surface area contributed by atoms with Crippen molar-refractivity contribution in [2.75, 3.05) is 0 Å². The van der Waals surface area contributed by atoms with Gasteiger partial charge in [0.25, 0.3) is 0 Å². The zero-order valence-corrected chi connectivity index (χ0v) is 6.51. The van der Waals surface area contributed by atoms with Crippen molar-refractivity contribution in [1.82, 2.24) is 0 Å². The maximum atomic E-state index is 0. The fourth-order valence-electron chi connectivity index (χ4n) is 0. The minimum absolute atomic E-state index is 0. The Morgan fingerprint density at radius 2 is 1.00 bits per heavy atom. The fourth-order valence-corrected chi connectivity index (χ4v) is 0. The molecule has 0 unspecified atom stereocenters. The summed E-state index contributed by atoms with van der Waals surface area (Å²) in [7, 11) is 0. The van der Waals surface area contributed by atoms with E-state index in [0.717, 1.165) is 0 Å². The van der Waals surface area contributed by atoms with Gasteiger partial charge in [-0.25, -0.2) is 0 Å². The van der Waals surface area contributed by atoms with Crippen LogP contribution in [0.4, 0.5) is 0 Å². The molecule has 2 radical (unpaired) electrons. The summed E-state index contributed by atoms with van der Waals surface area (Å²) >= 11 is 0. The topological polar surface area (TPSA) is 28.5 Å². The average molecular weight is 631 g/mol. The van der Waals surface area contributed by atoms with E-state index in [9.17, 15) is 0 Å². The van der Waals surface area contributed by atoms with E-state index in [0.29, 0.717) is 0 Å². The third-order valence-electron chi connectivity index (χ3n) is 0. The Labute approximate surface area is 188 Å². The minimum atomic E-state index is 0. The van der Waals surface area contributed by atoms with Crippen LogP contribution in [0.1, 0.15) is 0 Å². The number of hydrogen-bond donors (Lipinski definition) is 0. The van der Waals surface area contributed by atoms with Crippen LogP contribution in [0, 0.1) is 77.7 Å². The van der Waals surface area contributed by atoms with Crippen LogP contribution in [0.5, 0.6) is 0 Å². The van der Waals surface area contributed by atoms with E-state index in [2.05, 4.69) is 0 Å². The first-order chi connectivity index (χ1) is 0.